The maximum absolute atomic E-state index is 7.60. The molecule has 0 spiro atoms. The summed E-state index contributed by atoms with van der Waals surface area (Å²) >= 11 is 0. The van der Waals surface area contributed by atoms with Crippen LogP contribution >= 0.6 is 0 Å². The van der Waals surface area contributed by atoms with Gasteiger partial charge in [-0.1, -0.05) is 67.6 Å². The lowest BCUT2D eigenvalue weighted by molar-refractivity contribution is 0.719. The van der Waals surface area contributed by atoms with Crippen LogP contribution in [0.3, 0.4) is 0 Å². The minimum atomic E-state index is 0.277. The Bertz CT molecular complexity index is 663. The molecule has 1 fully saturated rings. The molecular weight excluding hydrogens is 254 g/mol. The van der Waals surface area contributed by atoms with Crippen molar-refractivity contribution in [3.05, 3.63) is 71.8 Å². The zero-order valence-corrected chi connectivity index (χ0v) is 12.5. The summed E-state index contributed by atoms with van der Waals surface area (Å²) in [5.74, 6) is 0. The maximum Gasteiger partial charge on any atom is 0.0212 e. The summed E-state index contributed by atoms with van der Waals surface area (Å²) in [4.78, 5) is 0. The Morgan fingerprint density at radius 1 is 1.05 bits per heavy atom. The zero-order valence-electron chi connectivity index (χ0n) is 12.5. The van der Waals surface area contributed by atoms with Gasteiger partial charge in [0.05, 0.1) is 0 Å². The third-order valence-electron chi connectivity index (χ3n) is 4.44. The molecule has 1 saturated carbocycles. The van der Waals surface area contributed by atoms with Crippen molar-refractivity contribution in [1.29, 1.82) is 5.41 Å². The van der Waals surface area contributed by atoms with E-state index in [0.717, 1.165) is 6.42 Å². The van der Waals surface area contributed by atoms with Crippen LogP contribution in [-0.4, -0.2) is 6.21 Å². The Hall–Kier alpha value is -2.15. The van der Waals surface area contributed by atoms with Crippen LogP contribution in [0.4, 0.5) is 0 Å². The SMILES string of the molecule is CC1(/C(C=N)=C/Cc2cccc(-c3ccccc3)c2)CC1. The smallest absolute Gasteiger partial charge is 0.0212 e. The summed E-state index contributed by atoms with van der Waals surface area (Å²) in [6.07, 6.45) is 7.11. The summed E-state index contributed by atoms with van der Waals surface area (Å²) in [5, 5.41) is 7.60. The molecule has 0 aliphatic heterocycles. The summed E-state index contributed by atoms with van der Waals surface area (Å²) in [7, 11) is 0. The molecule has 0 amide bonds. The van der Waals surface area contributed by atoms with Crippen LogP contribution in [-0.2, 0) is 6.42 Å². The summed E-state index contributed by atoms with van der Waals surface area (Å²) in [5.41, 5.74) is 5.28. The van der Waals surface area contributed by atoms with Gasteiger partial charge in [0, 0.05) is 6.21 Å². The van der Waals surface area contributed by atoms with Crippen molar-refractivity contribution in [3.8, 4) is 11.1 Å². The molecule has 0 saturated heterocycles. The predicted molar refractivity (Wildman–Crippen MR) is 89.8 cm³/mol. The maximum atomic E-state index is 7.60. The minimum Gasteiger partial charge on any atom is -0.308 e. The summed E-state index contributed by atoms with van der Waals surface area (Å²) in [6.45, 7) is 2.25. The average molecular weight is 275 g/mol. The first kappa shape index (κ1) is 13.8. The molecule has 106 valence electrons. The van der Waals surface area contributed by atoms with Gasteiger partial charge in [-0.15, -0.1) is 0 Å². The van der Waals surface area contributed by atoms with Gasteiger partial charge in [0.15, 0.2) is 0 Å². The molecule has 2 aromatic rings. The fraction of sp³-hybridized carbons (Fsp3) is 0.250. The molecule has 0 unspecified atom stereocenters. The van der Waals surface area contributed by atoms with Crippen LogP contribution < -0.4 is 0 Å². The van der Waals surface area contributed by atoms with E-state index in [1.54, 1.807) is 0 Å². The third-order valence-corrected chi connectivity index (χ3v) is 4.44. The Kier molecular flexibility index (Phi) is 3.74. The molecule has 1 N–H and O–H groups in total. The van der Waals surface area contributed by atoms with Crippen LogP contribution in [0, 0.1) is 10.8 Å². The molecule has 1 aliphatic carbocycles. The fourth-order valence-electron chi connectivity index (χ4n) is 2.69. The number of nitrogens with one attached hydrogen (secondary N) is 1. The van der Waals surface area contributed by atoms with E-state index in [0.29, 0.717) is 0 Å². The highest BCUT2D eigenvalue weighted by Gasteiger charge is 2.39. The Labute approximate surface area is 126 Å². The summed E-state index contributed by atoms with van der Waals surface area (Å²) < 4.78 is 0. The lowest BCUT2D eigenvalue weighted by Crippen LogP contribution is -2.00. The van der Waals surface area contributed by atoms with Crippen LogP contribution in [0.1, 0.15) is 25.3 Å². The van der Waals surface area contributed by atoms with Gasteiger partial charge in [-0.05, 0) is 46.9 Å². The van der Waals surface area contributed by atoms with E-state index in [1.807, 2.05) is 6.07 Å². The highest BCUT2D eigenvalue weighted by Crippen LogP contribution is 2.50. The van der Waals surface area contributed by atoms with Crippen molar-refractivity contribution in [1.82, 2.24) is 0 Å². The van der Waals surface area contributed by atoms with E-state index in [9.17, 15) is 0 Å². The molecule has 0 bridgehead atoms. The standard InChI is InChI=1S/C20H21N/c1-20(12-13-20)19(15-21)11-10-16-6-5-9-18(14-16)17-7-3-2-4-8-17/h2-9,11,14-15,21H,10,12-13H2,1H3/b19-11+,21-15?. The number of hydrogen-bond acceptors (Lipinski definition) is 1. The van der Waals surface area contributed by atoms with Crippen LogP contribution in [0.15, 0.2) is 66.2 Å². The van der Waals surface area contributed by atoms with Gasteiger partial charge in [0.2, 0.25) is 0 Å². The molecule has 1 nitrogen and oxygen atoms in total. The number of allylic oxidation sites excluding steroid dienone is 2. The topological polar surface area (TPSA) is 23.9 Å². The molecule has 0 heterocycles. The second-order valence-corrected chi connectivity index (χ2v) is 6.13. The van der Waals surface area contributed by atoms with Gasteiger partial charge in [0.25, 0.3) is 0 Å². The zero-order chi connectivity index (χ0) is 14.7. The molecule has 1 heteroatoms. The fourth-order valence-corrected chi connectivity index (χ4v) is 2.69. The molecule has 21 heavy (non-hydrogen) atoms. The number of benzene rings is 2. The molecule has 2 aromatic carbocycles. The Morgan fingerprint density at radius 3 is 2.43 bits per heavy atom. The minimum absolute atomic E-state index is 0.277. The first-order valence-electron chi connectivity index (χ1n) is 7.57. The van der Waals surface area contributed by atoms with E-state index in [-0.39, 0.29) is 5.41 Å². The van der Waals surface area contributed by atoms with E-state index >= 15 is 0 Å². The Morgan fingerprint density at radius 2 is 1.76 bits per heavy atom. The first-order valence-corrected chi connectivity index (χ1v) is 7.57. The van der Waals surface area contributed by atoms with Crippen LogP contribution in [0.2, 0.25) is 0 Å². The molecular formula is C20H21N. The molecule has 0 aromatic heterocycles. The van der Waals surface area contributed by atoms with Gasteiger partial charge in [-0.3, -0.25) is 0 Å². The van der Waals surface area contributed by atoms with Gasteiger partial charge in [-0.2, -0.15) is 0 Å². The predicted octanol–water partition coefficient (Wildman–Crippen LogP) is 5.27. The largest absolute Gasteiger partial charge is 0.308 e. The van der Waals surface area contributed by atoms with E-state index < -0.39 is 0 Å². The first-order chi connectivity index (χ1) is 10.2. The van der Waals surface area contributed by atoms with Gasteiger partial charge >= 0.3 is 0 Å². The van der Waals surface area contributed by atoms with Crippen molar-refractivity contribution < 1.29 is 0 Å². The second kappa shape index (κ2) is 5.69. The van der Waals surface area contributed by atoms with Crippen LogP contribution in [0.25, 0.3) is 11.1 Å². The quantitative estimate of drug-likeness (QED) is 0.719. The van der Waals surface area contributed by atoms with Gasteiger partial charge in [0.1, 0.15) is 0 Å². The monoisotopic (exact) mass is 275 g/mol. The molecule has 1 aliphatic rings. The normalized spacial score (nSPS) is 16.5. The van der Waals surface area contributed by atoms with E-state index in [2.05, 4.69) is 61.5 Å². The number of rotatable bonds is 5. The van der Waals surface area contributed by atoms with Crippen molar-refractivity contribution in [2.75, 3.05) is 0 Å². The van der Waals surface area contributed by atoms with E-state index in [1.165, 1.54) is 41.3 Å². The van der Waals surface area contributed by atoms with Crippen molar-refractivity contribution in [2.45, 2.75) is 26.2 Å². The molecule has 0 atom stereocenters. The van der Waals surface area contributed by atoms with Gasteiger partial charge < -0.3 is 5.41 Å². The molecule has 0 radical (unpaired) electrons. The van der Waals surface area contributed by atoms with Crippen molar-refractivity contribution in [2.24, 2.45) is 5.41 Å². The Balaban J connectivity index is 1.81. The lowest BCUT2D eigenvalue weighted by atomic mass is 9.96. The molecule has 3 rings (SSSR count). The van der Waals surface area contributed by atoms with Crippen molar-refractivity contribution >= 4 is 6.21 Å². The average Bonchev–Trinajstić information content (AvgIpc) is 3.28. The highest BCUT2D eigenvalue weighted by atomic mass is 14.5. The van der Waals surface area contributed by atoms with Gasteiger partial charge in [-0.25, -0.2) is 0 Å². The highest BCUT2D eigenvalue weighted by molar-refractivity contribution is 5.78. The number of hydrogen-bond donors (Lipinski definition) is 1. The second-order valence-electron chi connectivity index (χ2n) is 6.13. The third kappa shape index (κ3) is 3.13. The van der Waals surface area contributed by atoms with Crippen molar-refractivity contribution in [3.63, 3.8) is 0 Å². The van der Waals surface area contributed by atoms with E-state index in [4.69, 9.17) is 5.41 Å². The van der Waals surface area contributed by atoms with Crippen LogP contribution in [0.5, 0.6) is 0 Å². The lowest BCUT2D eigenvalue weighted by Gasteiger charge is -2.09. The summed E-state index contributed by atoms with van der Waals surface area (Å²) in [6, 6.07) is 19.2.